The van der Waals surface area contributed by atoms with Crippen LogP contribution in [0.5, 0.6) is 0 Å². The Morgan fingerprint density at radius 3 is 3.17 bits per heavy atom. The van der Waals surface area contributed by atoms with Crippen LogP contribution >= 0.6 is 0 Å². The highest BCUT2D eigenvalue weighted by Crippen LogP contribution is 2.17. The highest BCUT2D eigenvalue weighted by molar-refractivity contribution is 6.05. The van der Waals surface area contributed by atoms with Crippen molar-refractivity contribution in [2.75, 3.05) is 19.6 Å². The number of aromatic nitrogens is 2. The molecule has 1 aromatic heterocycles. The summed E-state index contributed by atoms with van der Waals surface area (Å²) >= 11 is 0. The van der Waals surface area contributed by atoms with Crippen molar-refractivity contribution >= 4 is 16.8 Å². The Balaban J connectivity index is 1.42. The van der Waals surface area contributed by atoms with Crippen LogP contribution in [0.1, 0.15) is 49.4 Å². The predicted octanol–water partition coefficient (Wildman–Crippen LogP) is 2.95. The number of nitrogens with one attached hydrogen (secondary N) is 2. The van der Waals surface area contributed by atoms with E-state index in [1.807, 2.05) is 18.2 Å². The van der Waals surface area contributed by atoms with Crippen molar-refractivity contribution in [3.05, 3.63) is 30.0 Å². The summed E-state index contributed by atoms with van der Waals surface area (Å²) in [5, 5.41) is 10.8. The zero-order chi connectivity index (χ0) is 16.1. The van der Waals surface area contributed by atoms with Crippen molar-refractivity contribution in [1.82, 2.24) is 20.4 Å². The van der Waals surface area contributed by atoms with Crippen molar-refractivity contribution in [3.63, 3.8) is 0 Å². The van der Waals surface area contributed by atoms with Gasteiger partial charge in [0.2, 0.25) is 0 Å². The number of H-pyrrole nitrogens is 1. The summed E-state index contributed by atoms with van der Waals surface area (Å²) in [6.45, 7) is 5.44. The fourth-order valence-corrected chi connectivity index (χ4v) is 3.39. The number of aromatic amines is 1. The van der Waals surface area contributed by atoms with Gasteiger partial charge in [0, 0.05) is 18.0 Å². The third-order valence-electron chi connectivity index (χ3n) is 4.83. The van der Waals surface area contributed by atoms with Gasteiger partial charge in [-0.2, -0.15) is 5.10 Å². The van der Waals surface area contributed by atoms with E-state index >= 15 is 0 Å². The summed E-state index contributed by atoms with van der Waals surface area (Å²) < 4.78 is 0. The predicted molar refractivity (Wildman–Crippen MR) is 92.5 cm³/mol. The fourth-order valence-electron chi connectivity index (χ4n) is 3.39. The minimum absolute atomic E-state index is 0.0108. The van der Waals surface area contributed by atoms with Crippen LogP contribution in [0.25, 0.3) is 10.9 Å². The fraction of sp³-hybridized carbons (Fsp3) is 0.556. The largest absolute Gasteiger partial charge is 0.352 e. The van der Waals surface area contributed by atoms with Gasteiger partial charge in [-0.05, 0) is 57.8 Å². The second-order valence-electron chi connectivity index (χ2n) is 6.48. The number of benzene rings is 1. The third-order valence-corrected chi connectivity index (χ3v) is 4.83. The first-order chi connectivity index (χ1) is 11.3. The first kappa shape index (κ1) is 16.0. The average Bonchev–Trinajstić information content (AvgIpc) is 3.04. The van der Waals surface area contributed by atoms with E-state index in [0.29, 0.717) is 5.56 Å². The molecular weight excluding hydrogens is 288 g/mol. The summed E-state index contributed by atoms with van der Waals surface area (Å²) in [5.74, 6) is -0.0108. The van der Waals surface area contributed by atoms with Gasteiger partial charge in [-0.15, -0.1) is 0 Å². The van der Waals surface area contributed by atoms with Crippen LogP contribution in [0.15, 0.2) is 24.4 Å². The molecule has 2 heterocycles. The van der Waals surface area contributed by atoms with Gasteiger partial charge in [0.25, 0.3) is 5.91 Å². The molecule has 1 aliphatic heterocycles. The number of carbonyl (C=O) groups is 1. The quantitative estimate of drug-likeness (QED) is 0.806. The van der Waals surface area contributed by atoms with E-state index in [1.165, 1.54) is 25.8 Å². The highest BCUT2D eigenvalue weighted by Gasteiger charge is 2.17. The molecule has 5 nitrogen and oxygen atoms in total. The number of nitrogens with zero attached hydrogens (tertiary/aromatic N) is 2. The molecule has 1 fully saturated rings. The first-order valence-corrected chi connectivity index (χ1v) is 8.70. The number of fused-ring (bicyclic) bond motifs is 1. The van der Waals surface area contributed by atoms with Crippen molar-refractivity contribution in [2.24, 2.45) is 0 Å². The molecule has 1 atom stereocenters. The minimum atomic E-state index is -0.0108. The summed E-state index contributed by atoms with van der Waals surface area (Å²) in [5.41, 5.74) is 1.60. The molecule has 0 saturated carbocycles. The van der Waals surface area contributed by atoms with E-state index in [9.17, 15) is 4.79 Å². The lowest BCUT2D eigenvalue weighted by molar-refractivity contribution is 0.0953. The lowest BCUT2D eigenvalue weighted by Crippen LogP contribution is -2.38. The number of piperidine rings is 1. The maximum atomic E-state index is 12.3. The number of hydrogen-bond acceptors (Lipinski definition) is 3. The van der Waals surface area contributed by atoms with Crippen LogP contribution in [0.3, 0.4) is 0 Å². The molecule has 23 heavy (non-hydrogen) atoms. The molecule has 5 heteroatoms. The Labute approximate surface area is 137 Å². The Morgan fingerprint density at radius 1 is 1.39 bits per heavy atom. The summed E-state index contributed by atoms with van der Waals surface area (Å²) in [7, 11) is 0. The summed E-state index contributed by atoms with van der Waals surface area (Å²) in [6.07, 6.45) is 7.90. The topological polar surface area (TPSA) is 61.0 Å². The molecule has 1 saturated heterocycles. The maximum Gasteiger partial charge on any atom is 0.252 e. The van der Waals surface area contributed by atoms with Gasteiger partial charge < -0.3 is 10.2 Å². The van der Waals surface area contributed by atoms with Crippen molar-refractivity contribution in [1.29, 1.82) is 0 Å². The van der Waals surface area contributed by atoms with E-state index in [0.717, 1.165) is 42.9 Å². The number of amides is 1. The molecule has 124 valence electrons. The Kier molecular flexibility index (Phi) is 5.28. The second kappa shape index (κ2) is 7.59. The van der Waals surface area contributed by atoms with Crippen LogP contribution in [-0.2, 0) is 0 Å². The van der Waals surface area contributed by atoms with Gasteiger partial charge in [0.15, 0.2) is 0 Å². The van der Waals surface area contributed by atoms with Crippen molar-refractivity contribution in [2.45, 2.75) is 45.1 Å². The van der Waals surface area contributed by atoms with E-state index in [-0.39, 0.29) is 5.91 Å². The van der Waals surface area contributed by atoms with Gasteiger partial charge in [-0.25, -0.2) is 0 Å². The van der Waals surface area contributed by atoms with Crippen LogP contribution < -0.4 is 5.32 Å². The van der Waals surface area contributed by atoms with Crippen molar-refractivity contribution in [3.8, 4) is 0 Å². The first-order valence-electron chi connectivity index (χ1n) is 8.70. The maximum absolute atomic E-state index is 12.3. The molecule has 1 aliphatic rings. The molecule has 0 unspecified atom stereocenters. The summed E-state index contributed by atoms with van der Waals surface area (Å²) in [6, 6.07) is 6.38. The number of likely N-dealkylation sites (tertiary alicyclic amines) is 1. The van der Waals surface area contributed by atoms with Gasteiger partial charge >= 0.3 is 0 Å². The van der Waals surface area contributed by atoms with E-state index in [1.54, 1.807) is 6.20 Å². The lowest BCUT2D eigenvalue weighted by atomic mass is 10.0. The molecule has 2 N–H and O–H groups in total. The number of hydrogen-bond donors (Lipinski definition) is 2. The standard InChI is InChI=1S/C18H26N4O/c1-14-7-2-4-11-22(14)12-5-3-10-19-18(23)15-8-6-9-17-16(15)13-20-21-17/h6,8-9,13-14H,2-5,7,10-12H2,1H3,(H,19,23)(H,20,21)/t14-/m0/s1. The van der Waals surface area contributed by atoms with Crippen LogP contribution in [0.4, 0.5) is 0 Å². The molecular formula is C18H26N4O. The SMILES string of the molecule is C[C@H]1CCCCN1CCCCNC(=O)c1cccc2[nH]ncc12. The molecule has 0 aliphatic carbocycles. The van der Waals surface area contributed by atoms with E-state index in [2.05, 4.69) is 27.3 Å². The number of carbonyl (C=O) groups excluding carboxylic acids is 1. The third kappa shape index (κ3) is 3.91. The van der Waals surface area contributed by atoms with E-state index in [4.69, 9.17) is 0 Å². The molecule has 0 bridgehead atoms. The monoisotopic (exact) mass is 314 g/mol. The molecule has 1 aromatic carbocycles. The second-order valence-corrected chi connectivity index (χ2v) is 6.48. The smallest absolute Gasteiger partial charge is 0.252 e. The van der Waals surface area contributed by atoms with Crippen LogP contribution in [-0.4, -0.2) is 46.7 Å². The minimum Gasteiger partial charge on any atom is -0.352 e. The van der Waals surface area contributed by atoms with Gasteiger partial charge in [-0.1, -0.05) is 12.5 Å². The van der Waals surface area contributed by atoms with Gasteiger partial charge in [-0.3, -0.25) is 9.89 Å². The molecule has 2 aromatic rings. The van der Waals surface area contributed by atoms with Crippen LogP contribution in [0, 0.1) is 0 Å². The highest BCUT2D eigenvalue weighted by atomic mass is 16.1. The Hall–Kier alpha value is -1.88. The van der Waals surface area contributed by atoms with Crippen molar-refractivity contribution < 1.29 is 4.79 Å². The molecule has 0 spiro atoms. The zero-order valence-electron chi connectivity index (χ0n) is 13.8. The molecule has 3 rings (SSSR count). The normalized spacial score (nSPS) is 19.1. The Morgan fingerprint density at radius 2 is 2.30 bits per heavy atom. The van der Waals surface area contributed by atoms with Gasteiger partial charge in [0.05, 0.1) is 17.3 Å². The van der Waals surface area contributed by atoms with Crippen LogP contribution in [0.2, 0.25) is 0 Å². The Bertz CT molecular complexity index is 651. The van der Waals surface area contributed by atoms with Gasteiger partial charge in [0.1, 0.15) is 0 Å². The lowest BCUT2D eigenvalue weighted by Gasteiger charge is -2.33. The average molecular weight is 314 g/mol. The number of unbranched alkanes of at least 4 members (excludes halogenated alkanes) is 1. The molecule has 1 amide bonds. The summed E-state index contributed by atoms with van der Waals surface area (Å²) in [4.78, 5) is 14.9. The zero-order valence-corrected chi connectivity index (χ0v) is 13.8. The molecule has 0 radical (unpaired) electrons. The number of rotatable bonds is 6. The van der Waals surface area contributed by atoms with E-state index < -0.39 is 0 Å².